The predicted molar refractivity (Wildman–Crippen MR) is 118 cm³/mol. The van der Waals surface area contributed by atoms with Crippen LogP contribution in [0.2, 0.25) is 0 Å². The van der Waals surface area contributed by atoms with E-state index in [0.29, 0.717) is 31.9 Å². The Labute approximate surface area is 177 Å². The highest BCUT2D eigenvalue weighted by Gasteiger charge is 2.33. The first-order chi connectivity index (χ1) is 14.2. The lowest BCUT2D eigenvalue weighted by molar-refractivity contribution is -0.132. The minimum Gasteiger partial charge on any atom is -0.368 e. The normalized spacial score (nSPS) is 15.7. The van der Waals surface area contributed by atoms with Gasteiger partial charge < -0.3 is 9.80 Å². The Morgan fingerprint density at radius 3 is 2.10 bits per heavy atom. The van der Waals surface area contributed by atoms with E-state index >= 15 is 0 Å². The number of anilines is 2. The van der Waals surface area contributed by atoms with Crippen molar-refractivity contribution in [1.82, 2.24) is 4.90 Å². The van der Waals surface area contributed by atoms with Crippen LogP contribution < -0.4 is 9.21 Å². The van der Waals surface area contributed by atoms with Gasteiger partial charge in [-0.15, -0.1) is 0 Å². The molecule has 1 saturated heterocycles. The molecule has 6 nitrogen and oxygen atoms in total. The minimum absolute atomic E-state index is 0.223. The van der Waals surface area contributed by atoms with Crippen LogP contribution in [-0.4, -0.2) is 57.7 Å². The van der Waals surface area contributed by atoms with Gasteiger partial charge in [0.15, 0.2) is 0 Å². The maximum atomic E-state index is 13.1. The van der Waals surface area contributed by atoms with Crippen LogP contribution in [0.4, 0.5) is 15.8 Å². The third-order valence-electron chi connectivity index (χ3n) is 5.45. The molecule has 1 aliphatic rings. The van der Waals surface area contributed by atoms with Crippen molar-refractivity contribution in [3.63, 3.8) is 0 Å². The summed E-state index contributed by atoms with van der Waals surface area (Å²) in [6.07, 6.45) is 1.98. The Hall–Kier alpha value is -2.61. The van der Waals surface area contributed by atoms with Crippen LogP contribution in [0, 0.1) is 5.82 Å². The minimum atomic E-state index is -3.64. The number of nitrogens with zero attached hydrogens (tertiary/aromatic N) is 3. The summed E-state index contributed by atoms with van der Waals surface area (Å²) in [5.41, 5.74) is 2.49. The second kappa shape index (κ2) is 9.04. The molecule has 1 aliphatic heterocycles. The van der Waals surface area contributed by atoms with Gasteiger partial charge >= 0.3 is 0 Å². The Balaban J connectivity index is 1.71. The molecule has 0 N–H and O–H groups in total. The molecule has 1 amide bonds. The van der Waals surface area contributed by atoms with Crippen molar-refractivity contribution in [3.8, 4) is 0 Å². The molecule has 0 bridgehead atoms. The maximum Gasteiger partial charge on any atom is 0.246 e. The molecule has 1 atom stereocenters. The molecule has 2 aromatic carbocycles. The van der Waals surface area contributed by atoms with E-state index in [1.807, 2.05) is 19.1 Å². The van der Waals surface area contributed by atoms with Crippen molar-refractivity contribution in [3.05, 3.63) is 59.9 Å². The van der Waals surface area contributed by atoms with Crippen molar-refractivity contribution in [2.45, 2.75) is 26.3 Å². The zero-order valence-electron chi connectivity index (χ0n) is 17.6. The number of carbonyl (C=O) groups excluding carboxylic acids is 1. The predicted octanol–water partition coefficient (Wildman–Crippen LogP) is 2.89. The topological polar surface area (TPSA) is 60.9 Å². The molecule has 3 rings (SSSR count). The molecule has 8 heteroatoms. The zero-order valence-corrected chi connectivity index (χ0v) is 18.4. The van der Waals surface area contributed by atoms with Gasteiger partial charge in [-0.25, -0.2) is 12.8 Å². The highest BCUT2D eigenvalue weighted by atomic mass is 32.2. The largest absolute Gasteiger partial charge is 0.368 e. The summed E-state index contributed by atoms with van der Waals surface area (Å²) in [7, 11) is -3.64. The number of hydrogen-bond donors (Lipinski definition) is 0. The summed E-state index contributed by atoms with van der Waals surface area (Å²) in [6.45, 7) is 5.83. The van der Waals surface area contributed by atoms with Crippen molar-refractivity contribution >= 4 is 27.3 Å². The summed E-state index contributed by atoms with van der Waals surface area (Å²) in [5, 5.41) is 0. The molecular weight excluding hydrogens is 405 g/mol. The van der Waals surface area contributed by atoms with Crippen LogP contribution >= 0.6 is 0 Å². The molecule has 0 spiro atoms. The van der Waals surface area contributed by atoms with Crippen molar-refractivity contribution in [2.24, 2.45) is 0 Å². The van der Waals surface area contributed by atoms with Crippen LogP contribution in [0.25, 0.3) is 0 Å². The fraction of sp³-hybridized carbons (Fsp3) is 0.409. The third kappa shape index (κ3) is 4.92. The Morgan fingerprint density at radius 2 is 1.60 bits per heavy atom. The number of sulfonamides is 1. The third-order valence-corrected chi connectivity index (χ3v) is 6.69. The monoisotopic (exact) mass is 433 g/mol. The van der Waals surface area contributed by atoms with Crippen molar-refractivity contribution < 1.29 is 17.6 Å². The van der Waals surface area contributed by atoms with E-state index in [1.54, 1.807) is 36.1 Å². The molecule has 2 aromatic rings. The number of piperazine rings is 1. The fourth-order valence-electron chi connectivity index (χ4n) is 3.78. The molecule has 1 unspecified atom stereocenters. The van der Waals surface area contributed by atoms with Crippen LogP contribution in [0.1, 0.15) is 19.4 Å². The summed E-state index contributed by atoms with van der Waals surface area (Å²) in [5.74, 6) is -0.507. The van der Waals surface area contributed by atoms with Crippen LogP contribution in [-0.2, 0) is 21.2 Å². The second-order valence-electron chi connectivity index (χ2n) is 7.54. The summed E-state index contributed by atoms with van der Waals surface area (Å²) in [6, 6.07) is 12.7. The number of benzene rings is 2. The van der Waals surface area contributed by atoms with Crippen molar-refractivity contribution in [2.75, 3.05) is 41.6 Å². The molecule has 30 heavy (non-hydrogen) atoms. The Morgan fingerprint density at radius 1 is 1.03 bits per heavy atom. The summed E-state index contributed by atoms with van der Waals surface area (Å²) < 4.78 is 39.3. The molecule has 0 aliphatic carbocycles. The standard InChI is InChI=1S/C22H28FN3O3S/c1-4-18-5-9-21(10-6-18)26(30(3,28)29)17(2)22(27)25-15-13-24(14-16-25)20-11-7-19(23)8-12-20/h5-12,17H,4,13-16H2,1-3H3. The summed E-state index contributed by atoms with van der Waals surface area (Å²) in [4.78, 5) is 16.9. The van der Waals surface area contributed by atoms with Crippen LogP contribution in [0.3, 0.4) is 0 Å². The van der Waals surface area contributed by atoms with Gasteiger partial charge in [-0.1, -0.05) is 19.1 Å². The van der Waals surface area contributed by atoms with E-state index in [-0.39, 0.29) is 11.7 Å². The molecule has 1 heterocycles. The van der Waals surface area contributed by atoms with E-state index in [4.69, 9.17) is 0 Å². The van der Waals surface area contributed by atoms with E-state index < -0.39 is 16.1 Å². The SMILES string of the molecule is CCc1ccc(N(C(C)C(=O)N2CCN(c3ccc(F)cc3)CC2)S(C)(=O)=O)cc1. The average molecular weight is 434 g/mol. The molecule has 0 radical (unpaired) electrons. The van der Waals surface area contributed by atoms with Crippen LogP contribution in [0.15, 0.2) is 48.5 Å². The molecule has 162 valence electrons. The molecule has 0 aromatic heterocycles. The van der Waals surface area contributed by atoms with Gasteiger partial charge in [-0.05, 0) is 55.3 Å². The lowest BCUT2D eigenvalue weighted by atomic mass is 10.1. The van der Waals surface area contributed by atoms with E-state index in [1.165, 1.54) is 16.4 Å². The number of carbonyl (C=O) groups is 1. The van der Waals surface area contributed by atoms with Crippen LogP contribution in [0.5, 0.6) is 0 Å². The zero-order chi connectivity index (χ0) is 21.9. The fourth-order valence-corrected chi connectivity index (χ4v) is 4.95. The number of halogens is 1. The highest BCUT2D eigenvalue weighted by Crippen LogP contribution is 2.23. The number of rotatable bonds is 6. The van der Waals surface area contributed by atoms with Gasteiger partial charge in [-0.2, -0.15) is 0 Å². The van der Waals surface area contributed by atoms with Gasteiger partial charge in [0, 0.05) is 31.9 Å². The highest BCUT2D eigenvalue weighted by molar-refractivity contribution is 7.92. The summed E-state index contributed by atoms with van der Waals surface area (Å²) >= 11 is 0. The van der Waals surface area contributed by atoms with Gasteiger partial charge in [0.05, 0.1) is 11.9 Å². The molecule has 1 fully saturated rings. The van der Waals surface area contributed by atoms with Gasteiger partial charge in [0.2, 0.25) is 15.9 Å². The Kier molecular flexibility index (Phi) is 6.65. The first-order valence-corrected chi connectivity index (χ1v) is 11.9. The van der Waals surface area contributed by atoms with E-state index in [2.05, 4.69) is 4.90 Å². The second-order valence-corrected chi connectivity index (χ2v) is 9.40. The smallest absolute Gasteiger partial charge is 0.246 e. The average Bonchev–Trinajstić information content (AvgIpc) is 2.73. The van der Waals surface area contributed by atoms with E-state index in [0.717, 1.165) is 23.9 Å². The maximum absolute atomic E-state index is 13.1. The van der Waals surface area contributed by atoms with Gasteiger partial charge in [0.25, 0.3) is 0 Å². The quantitative estimate of drug-likeness (QED) is 0.703. The molecule has 0 saturated carbocycles. The first kappa shape index (κ1) is 22.1. The Bertz CT molecular complexity index is 970. The number of amides is 1. The number of hydrogen-bond acceptors (Lipinski definition) is 4. The van der Waals surface area contributed by atoms with E-state index in [9.17, 15) is 17.6 Å². The first-order valence-electron chi connectivity index (χ1n) is 10.1. The van der Waals surface area contributed by atoms with Gasteiger partial charge in [0.1, 0.15) is 11.9 Å². The van der Waals surface area contributed by atoms with Gasteiger partial charge in [-0.3, -0.25) is 9.10 Å². The lowest BCUT2D eigenvalue weighted by Crippen LogP contribution is -2.55. The lowest BCUT2D eigenvalue weighted by Gasteiger charge is -2.39. The molecular formula is C22H28FN3O3S. The number of aryl methyl sites for hydroxylation is 1. The van der Waals surface area contributed by atoms with Crippen molar-refractivity contribution in [1.29, 1.82) is 0 Å².